The lowest BCUT2D eigenvalue weighted by molar-refractivity contribution is 0.102. The van der Waals surface area contributed by atoms with Gasteiger partial charge in [0.05, 0.1) is 5.02 Å². The molecule has 0 radical (unpaired) electrons. The van der Waals surface area contributed by atoms with E-state index in [1.807, 2.05) is 30.3 Å². The molecule has 0 aliphatic carbocycles. The van der Waals surface area contributed by atoms with Crippen molar-refractivity contribution in [3.63, 3.8) is 0 Å². The van der Waals surface area contributed by atoms with Gasteiger partial charge in [-0.3, -0.25) is 10.1 Å². The number of benzene rings is 2. The van der Waals surface area contributed by atoms with Crippen molar-refractivity contribution in [3.8, 4) is 11.3 Å². The van der Waals surface area contributed by atoms with E-state index in [4.69, 9.17) is 16.1 Å². The normalized spacial score (nSPS) is 10.8. The Bertz CT molecular complexity index is 1120. The Morgan fingerprint density at radius 2 is 1.89 bits per heavy atom. The molecule has 0 spiro atoms. The quantitative estimate of drug-likeness (QED) is 0.465. The van der Waals surface area contributed by atoms with Crippen molar-refractivity contribution in [2.45, 2.75) is 13.3 Å². The Labute approximate surface area is 171 Å². The standard InChI is InChI=1S/C21H16ClN3O2S/c1-13-18(19(25-27-13)16-9-5-6-10-17(16)22)20(26)24-21-23-12-15(28-21)11-14-7-3-2-4-8-14/h2-10,12H,11H2,1H3,(H,23,24,26). The third kappa shape index (κ3) is 3.83. The molecule has 140 valence electrons. The number of hydrogen-bond acceptors (Lipinski definition) is 5. The average molecular weight is 410 g/mol. The highest BCUT2D eigenvalue weighted by Gasteiger charge is 2.23. The fourth-order valence-corrected chi connectivity index (χ4v) is 3.95. The number of aromatic nitrogens is 2. The van der Waals surface area contributed by atoms with Gasteiger partial charge in [0.2, 0.25) is 0 Å². The largest absolute Gasteiger partial charge is 0.360 e. The highest BCUT2D eigenvalue weighted by molar-refractivity contribution is 7.15. The molecule has 0 aliphatic heterocycles. The molecule has 7 heteroatoms. The Kier molecular flexibility index (Phi) is 5.23. The number of amides is 1. The van der Waals surface area contributed by atoms with Crippen LogP contribution in [0.4, 0.5) is 5.13 Å². The van der Waals surface area contributed by atoms with Gasteiger partial charge in [0.1, 0.15) is 17.0 Å². The molecule has 0 saturated carbocycles. The predicted molar refractivity (Wildman–Crippen MR) is 111 cm³/mol. The number of carbonyl (C=O) groups excluding carboxylic acids is 1. The van der Waals surface area contributed by atoms with Gasteiger partial charge < -0.3 is 4.52 Å². The van der Waals surface area contributed by atoms with Gasteiger partial charge in [-0.15, -0.1) is 11.3 Å². The van der Waals surface area contributed by atoms with Crippen LogP contribution >= 0.6 is 22.9 Å². The van der Waals surface area contributed by atoms with Crippen molar-refractivity contribution in [3.05, 3.63) is 87.6 Å². The molecule has 4 rings (SSSR count). The summed E-state index contributed by atoms with van der Waals surface area (Å²) in [6.45, 7) is 1.70. The predicted octanol–water partition coefficient (Wildman–Crippen LogP) is 5.60. The highest BCUT2D eigenvalue weighted by Crippen LogP contribution is 2.32. The van der Waals surface area contributed by atoms with E-state index in [-0.39, 0.29) is 5.91 Å². The van der Waals surface area contributed by atoms with Crippen molar-refractivity contribution in [2.24, 2.45) is 0 Å². The second-order valence-electron chi connectivity index (χ2n) is 6.19. The molecular weight excluding hydrogens is 394 g/mol. The minimum atomic E-state index is -0.325. The lowest BCUT2D eigenvalue weighted by atomic mass is 10.1. The molecule has 0 atom stereocenters. The zero-order valence-corrected chi connectivity index (χ0v) is 16.6. The Morgan fingerprint density at radius 1 is 1.14 bits per heavy atom. The van der Waals surface area contributed by atoms with Crippen LogP contribution in [0, 0.1) is 6.92 Å². The number of halogens is 1. The van der Waals surface area contributed by atoms with Crippen LogP contribution in [0.5, 0.6) is 0 Å². The topological polar surface area (TPSA) is 68.0 Å². The number of hydrogen-bond donors (Lipinski definition) is 1. The van der Waals surface area contributed by atoms with Gasteiger partial charge in [0.15, 0.2) is 5.13 Å². The number of rotatable bonds is 5. The van der Waals surface area contributed by atoms with Crippen molar-refractivity contribution in [1.29, 1.82) is 0 Å². The first-order valence-corrected chi connectivity index (χ1v) is 9.82. The summed E-state index contributed by atoms with van der Waals surface area (Å²) in [5, 5.41) is 7.91. The van der Waals surface area contributed by atoms with Crippen LogP contribution in [-0.4, -0.2) is 16.0 Å². The monoisotopic (exact) mass is 409 g/mol. The summed E-state index contributed by atoms with van der Waals surface area (Å²) in [5.74, 6) is 0.0998. The minimum Gasteiger partial charge on any atom is -0.360 e. The molecule has 0 bridgehead atoms. The second kappa shape index (κ2) is 7.96. The Morgan fingerprint density at radius 3 is 2.68 bits per heavy atom. The van der Waals surface area contributed by atoms with Crippen molar-refractivity contribution in [2.75, 3.05) is 5.32 Å². The molecule has 1 amide bonds. The SMILES string of the molecule is Cc1onc(-c2ccccc2Cl)c1C(=O)Nc1ncc(Cc2ccccc2)s1. The van der Waals surface area contributed by atoms with Crippen LogP contribution in [0.25, 0.3) is 11.3 Å². The van der Waals surface area contributed by atoms with Crippen LogP contribution in [0.1, 0.15) is 26.6 Å². The van der Waals surface area contributed by atoms with E-state index in [0.717, 1.165) is 11.3 Å². The molecule has 0 saturated heterocycles. The summed E-state index contributed by atoms with van der Waals surface area (Å²) in [4.78, 5) is 18.3. The number of nitrogens with one attached hydrogen (secondary N) is 1. The van der Waals surface area contributed by atoms with Gasteiger partial charge >= 0.3 is 0 Å². The number of nitrogens with zero attached hydrogens (tertiary/aromatic N) is 2. The number of thiazole rings is 1. The van der Waals surface area contributed by atoms with Crippen LogP contribution in [-0.2, 0) is 6.42 Å². The van der Waals surface area contributed by atoms with E-state index in [0.29, 0.717) is 32.7 Å². The smallest absolute Gasteiger partial charge is 0.263 e. The third-order valence-corrected chi connectivity index (χ3v) is 5.46. The maximum Gasteiger partial charge on any atom is 0.263 e. The van der Waals surface area contributed by atoms with E-state index in [2.05, 4.69) is 27.6 Å². The van der Waals surface area contributed by atoms with Gasteiger partial charge in [-0.2, -0.15) is 0 Å². The lowest BCUT2D eigenvalue weighted by Gasteiger charge is -2.04. The Hall–Kier alpha value is -2.96. The Balaban J connectivity index is 1.55. The summed E-state index contributed by atoms with van der Waals surface area (Å²) >= 11 is 7.71. The van der Waals surface area contributed by atoms with Crippen LogP contribution in [0.15, 0.2) is 65.3 Å². The van der Waals surface area contributed by atoms with Crippen molar-refractivity contribution in [1.82, 2.24) is 10.1 Å². The van der Waals surface area contributed by atoms with E-state index in [1.165, 1.54) is 16.9 Å². The minimum absolute atomic E-state index is 0.325. The van der Waals surface area contributed by atoms with Crippen LogP contribution in [0.3, 0.4) is 0 Å². The molecule has 5 nitrogen and oxygen atoms in total. The van der Waals surface area contributed by atoms with E-state index in [1.54, 1.807) is 25.3 Å². The van der Waals surface area contributed by atoms with Crippen LogP contribution < -0.4 is 5.32 Å². The third-order valence-electron chi connectivity index (χ3n) is 4.21. The molecule has 28 heavy (non-hydrogen) atoms. The molecule has 2 heterocycles. The fraction of sp³-hybridized carbons (Fsp3) is 0.0952. The van der Waals surface area contributed by atoms with Crippen LogP contribution in [0.2, 0.25) is 5.02 Å². The molecule has 0 unspecified atom stereocenters. The highest BCUT2D eigenvalue weighted by atomic mass is 35.5. The lowest BCUT2D eigenvalue weighted by Crippen LogP contribution is -2.13. The van der Waals surface area contributed by atoms with E-state index in [9.17, 15) is 4.79 Å². The number of carbonyl (C=O) groups is 1. The molecule has 4 aromatic rings. The first-order chi connectivity index (χ1) is 13.6. The summed E-state index contributed by atoms with van der Waals surface area (Å²) in [5.41, 5.74) is 2.62. The van der Waals surface area contributed by atoms with Gasteiger partial charge in [0, 0.05) is 23.1 Å². The van der Waals surface area contributed by atoms with Gasteiger partial charge in [-0.1, -0.05) is 65.3 Å². The number of anilines is 1. The fourth-order valence-electron chi connectivity index (χ4n) is 2.88. The first-order valence-electron chi connectivity index (χ1n) is 8.63. The van der Waals surface area contributed by atoms with E-state index < -0.39 is 0 Å². The summed E-state index contributed by atoms with van der Waals surface area (Å²) < 4.78 is 5.26. The maximum atomic E-state index is 12.9. The average Bonchev–Trinajstić information content (AvgIpc) is 3.29. The zero-order chi connectivity index (χ0) is 19.5. The maximum absolute atomic E-state index is 12.9. The molecular formula is C21H16ClN3O2S. The molecule has 2 aromatic heterocycles. The van der Waals surface area contributed by atoms with Crippen molar-refractivity contribution >= 4 is 34.0 Å². The van der Waals surface area contributed by atoms with Gasteiger partial charge in [0.25, 0.3) is 5.91 Å². The second-order valence-corrected chi connectivity index (χ2v) is 7.71. The molecule has 1 N–H and O–H groups in total. The first kappa shape index (κ1) is 18.4. The zero-order valence-electron chi connectivity index (χ0n) is 15.0. The van der Waals surface area contributed by atoms with Gasteiger partial charge in [-0.05, 0) is 18.6 Å². The summed E-state index contributed by atoms with van der Waals surface area (Å²) in [6, 6.07) is 17.3. The summed E-state index contributed by atoms with van der Waals surface area (Å²) in [7, 11) is 0. The molecule has 0 aliphatic rings. The summed E-state index contributed by atoms with van der Waals surface area (Å²) in [6.07, 6.45) is 2.55. The van der Waals surface area contributed by atoms with E-state index >= 15 is 0 Å². The van der Waals surface area contributed by atoms with Gasteiger partial charge in [-0.25, -0.2) is 4.98 Å². The molecule has 0 fully saturated rings. The number of aryl methyl sites for hydroxylation is 1. The van der Waals surface area contributed by atoms with Crippen molar-refractivity contribution < 1.29 is 9.32 Å². The molecule has 2 aromatic carbocycles.